The molecule has 1 aromatic carbocycles. The summed E-state index contributed by atoms with van der Waals surface area (Å²) in [5, 5.41) is 19.5. The van der Waals surface area contributed by atoms with Gasteiger partial charge in [-0.2, -0.15) is 52.7 Å². The third-order valence-electron chi connectivity index (χ3n) is 6.83. The highest BCUT2D eigenvalue weighted by atomic mass is 19.4. The smallest absolute Gasteiger partial charge is 0.426 e. The van der Waals surface area contributed by atoms with E-state index in [2.05, 4.69) is 0 Å². The molecule has 0 aliphatic heterocycles. The van der Waals surface area contributed by atoms with Gasteiger partial charge in [-0.1, -0.05) is 32.9 Å². The molecule has 4 nitrogen and oxygen atoms in total. The van der Waals surface area contributed by atoms with E-state index in [0.29, 0.717) is 5.56 Å². The number of ether oxygens (including phenoxy) is 1. The van der Waals surface area contributed by atoms with Gasteiger partial charge in [-0.15, -0.1) is 0 Å². The van der Waals surface area contributed by atoms with Crippen LogP contribution in [-0.4, -0.2) is 58.2 Å². The van der Waals surface area contributed by atoms with Crippen LogP contribution < -0.4 is 0 Å². The number of esters is 1. The molecule has 1 fully saturated rings. The number of alkyl halides is 12. The van der Waals surface area contributed by atoms with E-state index in [1.807, 2.05) is 0 Å². The van der Waals surface area contributed by atoms with Crippen molar-refractivity contribution in [2.75, 3.05) is 0 Å². The van der Waals surface area contributed by atoms with Gasteiger partial charge in [-0.05, 0) is 42.4 Å². The quantitative estimate of drug-likeness (QED) is 0.304. The second-order valence-corrected chi connectivity index (χ2v) is 10.5. The Hall–Kier alpha value is -2.23. The lowest BCUT2D eigenvalue weighted by Crippen LogP contribution is -2.67. The summed E-state index contributed by atoms with van der Waals surface area (Å²) in [6, 6.07) is 5.07. The molecule has 0 aromatic heterocycles. The van der Waals surface area contributed by atoms with Crippen molar-refractivity contribution in [3.63, 3.8) is 0 Å². The van der Waals surface area contributed by atoms with E-state index >= 15 is 0 Å². The normalized spacial score (nSPS) is 22.5. The topological polar surface area (TPSA) is 66.8 Å². The minimum Gasteiger partial charge on any atom is -0.459 e. The zero-order chi connectivity index (χ0) is 30.6. The molecule has 16 heteroatoms. The molecule has 2 atom stereocenters. The number of halogens is 12. The van der Waals surface area contributed by atoms with E-state index in [-0.39, 0.29) is 5.56 Å². The first-order valence-electron chi connectivity index (χ1n) is 11.2. The van der Waals surface area contributed by atoms with E-state index in [9.17, 15) is 67.7 Å². The van der Waals surface area contributed by atoms with E-state index in [0.717, 1.165) is 12.1 Å². The lowest BCUT2D eigenvalue weighted by Gasteiger charge is -2.48. The van der Waals surface area contributed by atoms with Gasteiger partial charge in [-0.3, -0.25) is 0 Å². The first-order valence-corrected chi connectivity index (χ1v) is 11.2. The molecule has 2 rings (SSSR count). The third kappa shape index (κ3) is 6.10. The molecule has 1 saturated carbocycles. The summed E-state index contributed by atoms with van der Waals surface area (Å²) in [6.45, 7) is 5.36. The molecule has 2 unspecified atom stereocenters. The van der Waals surface area contributed by atoms with Crippen LogP contribution in [-0.2, 0) is 10.2 Å². The number of rotatable bonds is 4. The van der Waals surface area contributed by atoms with Gasteiger partial charge in [-0.25, -0.2) is 4.79 Å². The lowest BCUT2D eigenvalue weighted by atomic mass is 9.65. The third-order valence-corrected chi connectivity index (χ3v) is 6.83. The number of aliphatic hydroxyl groups is 2. The van der Waals surface area contributed by atoms with E-state index in [1.165, 1.54) is 12.1 Å². The van der Waals surface area contributed by atoms with Gasteiger partial charge in [0.05, 0.1) is 5.56 Å². The Bertz CT molecular complexity index is 942. The number of hydrogen-bond donors (Lipinski definition) is 2. The van der Waals surface area contributed by atoms with Crippen LogP contribution in [0.1, 0.15) is 56.0 Å². The largest absolute Gasteiger partial charge is 0.459 e. The molecule has 1 aliphatic carbocycles. The van der Waals surface area contributed by atoms with Crippen molar-refractivity contribution in [1.29, 1.82) is 0 Å². The predicted octanol–water partition coefficient (Wildman–Crippen LogP) is 6.64. The second-order valence-electron chi connectivity index (χ2n) is 10.5. The van der Waals surface area contributed by atoms with Crippen molar-refractivity contribution in [2.45, 2.75) is 87.5 Å². The molecular formula is C23H24F12O4. The molecule has 39 heavy (non-hydrogen) atoms. The van der Waals surface area contributed by atoms with Gasteiger partial charge in [0, 0.05) is 11.8 Å². The summed E-state index contributed by atoms with van der Waals surface area (Å²) >= 11 is 0. The molecule has 0 radical (unpaired) electrons. The molecule has 1 aromatic rings. The second kappa shape index (κ2) is 10.00. The average Bonchev–Trinajstić information content (AvgIpc) is 2.74. The van der Waals surface area contributed by atoms with Crippen molar-refractivity contribution in [2.24, 2.45) is 11.8 Å². The zero-order valence-electron chi connectivity index (χ0n) is 20.4. The van der Waals surface area contributed by atoms with Gasteiger partial charge < -0.3 is 14.9 Å². The number of carbonyl (C=O) groups excluding carboxylic acids is 1. The van der Waals surface area contributed by atoms with E-state index in [4.69, 9.17) is 4.74 Å². The fourth-order valence-corrected chi connectivity index (χ4v) is 4.62. The fourth-order valence-electron chi connectivity index (χ4n) is 4.62. The number of carbonyl (C=O) groups is 1. The Balaban J connectivity index is 2.58. The summed E-state index contributed by atoms with van der Waals surface area (Å²) in [5.74, 6) is -8.29. The van der Waals surface area contributed by atoms with Crippen molar-refractivity contribution < 1.29 is 72.4 Å². The molecular weight excluding hydrogens is 568 g/mol. The van der Waals surface area contributed by atoms with Crippen molar-refractivity contribution in [3.05, 3.63) is 35.4 Å². The van der Waals surface area contributed by atoms with Crippen LogP contribution in [0.15, 0.2) is 24.3 Å². The zero-order valence-corrected chi connectivity index (χ0v) is 20.4. The summed E-state index contributed by atoms with van der Waals surface area (Å²) in [7, 11) is 0. The van der Waals surface area contributed by atoms with Crippen LogP contribution in [0.2, 0.25) is 0 Å². The van der Waals surface area contributed by atoms with Crippen LogP contribution >= 0.6 is 0 Å². The first-order chi connectivity index (χ1) is 17.2. The van der Waals surface area contributed by atoms with Crippen LogP contribution in [0.4, 0.5) is 52.7 Å². The maximum atomic E-state index is 13.5. The maximum Gasteiger partial charge on any atom is 0.426 e. The van der Waals surface area contributed by atoms with E-state index in [1.54, 1.807) is 20.8 Å². The lowest BCUT2D eigenvalue weighted by molar-refractivity contribution is -0.405. The summed E-state index contributed by atoms with van der Waals surface area (Å²) in [5.41, 5.74) is -11.7. The van der Waals surface area contributed by atoms with Crippen molar-refractivity contribution in [1.82, 2.24) is 0 Å². The summed E-state index contributed by atoms with van der Waals surface area (Å²) < 4.78 is 167. The summed E-state index contributed by atoms with van der Waals surface area (Å²) in [4.78, 5) is 12.5. The number of hydrogen-bond acceptors (Lipinski definition) is 4. The molecule has 224 valence electrons. The van der Waals surface area contributed by atoms with Crippen molar-refractivity contribution in [3.8, 4) is 0 Å². The first kappa shape index (κ1) is 33.0. The van der Waals surface area contributed by atoms with Gasteiger partial charge >= 0.3 is 30.7 Å². The van der Waals surface area contributed by atoms with Gasteiger partial charge in [0.1, 0.15) is 6.10 Å². The Labute approximate surface area is 213 Å². The molecule has 0 amide bonds. The minimum absolute atomic E-state index is 0.356. The highest BCUT2D eigenvalue weighted by Crippen LogP contribution is 2.58. The maximum absolute atomic E-state index is 13.5. The van der Waals surface area contributed by atoms with Gasteiger partial charge in [0.15, 0.2) is 0 Å². The molecule has 1 aliphatic rings. The Morgan fingerprint density at radius 1 is 0.667 bits per heavy atom. The van der Waals surface area contributed by atoms with Gasteiger partial charge in [0.2, 0.25) is 0 Å². The Kier molecular flexibility index (Phi) is 8.45. The predicted molar refractivity (Wildman–Crippen MR) is 109 cm³/mol. The number of benzene rings is 1. The highest BCUT2D eigenvalue weighted by Gasteiger charge is 2.78. The Morgan fingerprint density at radius 2 is 1.00 bits per heavy atom. The molecule has 0 bridgehead atoms. The standard InChI is InChI=1S/C23H24F12O4/c1-17(2,3)12-6-4-11(5-7-12)16(36)39-15-9-13(18(37,20(24,25)26)21(27,28)29)8-14(10-15)19(38,22(30,31)32)23(33,34)35/h4-7,13-15,37-38H,8-10H2,1-3H3. The fraction of sp³-hybridized carbons (Fsp3) is 0.696. The Morgan fingerprint density at radius 3 is 1.28 bits per heavy atom. The monoisotopic (exact) mass is 592 g/mol. The van der Waals surface area contributed by atoms with Crippen LogP contribution in [0.5, 0.6) is 0 Å². The van der Waals surface area contributed by atoms with Crippen LogP contribution in [0.3, 0.4) is 0 Å². The summed E-state index contributed by atoms with van der Waals surface area (Å²) in [6.07, 6.45) is -34.3. The van der Waals surface area contributed by atoms with Crippen LogP contribution in [0, 0.1) is 11.8 Å². The molecule has 0 spiro atoms. The van der Waals surface area contributed by atoms with Crippen molar-refractivity contribution >= 4 is 5.97 Å². The molecule has 0 saturated heterocycles. The SMILES string of the molecule is CC(C)(C)c1ccc(C(=O)OC2CC(C(O)(C(F)(F)F)C(F)(F)F)CC(C(O)(C(F)(F)F)C(F)(F)F)C2)cc1. The molecule has 0 heterocycles. The minimum atomic E-state index is -6.61. The van der Waals surface area contributed by atoms with E-state index < -0.39 is 84.5 Å². The van der Waals surface area contributed by atoms with Gasteiger partial charge in [0.25, 0.3) is 11.2 Å². The highest BCUT2D eigenvalue weighted by molar-refractivity contribution is 5.89. The molecule has 2 N–H and O–H groups in total. The van der Waals surface area contributed by atoms with Crippen LogP contribution in [0.25, 0.3) is 0 Å². The average molecular weight is 592 g/mol.